The van der Waals surface area contributed by atoms with Crippen LogP contribution in [0, 0.1) is 0 Å². The summed E-state index contributed by atoms with van der Waals surface area (Å²) in [4.78, 5) is 24.5. The van der Waals surface area contributed by atoms with Gasteiger partial charge in [-0.15, -0.1) is 0 Å². The fourth-order valence-corrected chi connectivity index (χ4v) is 3.52. The largest absolute Gasteiger partial charge is 0.385 e. The molecule has 2 aromatic rings. The average Bonchev–Trinajstić information content (AvgIpc) is 2.78. The highest BCUT2D eigenvalue weighted by molar-refractivity contribution is 6.08. The summed E-state index contributed by atoms with van der Waals surface area (Å²) in [5.74, 6) is -0.425. The van der Waals surface area contributed by atoms with Gasteiger partial charge in [-0.1, -0.05) is 65.0 Å². The second kappa shape index (κ2) is 13.6. The second-order valence-corrected chi connectivity index (χ2v) is 9.50. The lowest BCUT2D eigenvalue weighted by atomic mass is 9.87. The van der Waals surface area contributed by atoms with E-state index in [4.69, 9.17) is 5.73 Å². The van der Waals surface area contributed by atoms with Gasteiger partial charge in [0.15, 0.2) is 0 Å². The van der Waals surface area contributed by atoms with Crippen molar-refractivity contribution in [1.29, 1.82) is 0 Å². The zero-order valence-corrected chi connectivity index (χ0v) is 20.4. The summed E-state index contributed by atoms with van der Waals surface area (Å²) in [6.07, 6.45) is 8.57. The Morgan fingerprint density at radius 1 is 0.758 bits per heavy atom. The Morgan fingerprint density at radius 2 is 1.30 bits per heavy atom. The molecule has 6 heteroatoms. The van der Waals surface area contributed by atoms with Gasteiger partial charge in [-0.05, 0) is 66.8 Å². The molecule has 2 rings (SSSR count). The number of carbonyl (C=O) groups is 2. The third-order valence-electron chi connectivity index (χ3n) is 5.59. The molecule has 0 unspecified atom stereocenters. The monoisotopic (exact) mass is 452 g/mol. The molecule has 0 saturated carbocycles. The fourth-order valence-electron chi connectivity index (χ4n) is 3.52. The Balaban J connectivity index is 1.68. The molecule has 0 heterocycles. The number of benzene rings is 2. The van der Waals surface area contributed by atoms with Crippen molar-refractivity contribution in [2.75, 3.05) is 23.7 Å². The first kappa shape index (κ1) is 26.4. The van der Waals surface area contributed by atoms with E-state index in [0.29, 0.717) is 11.3 Å². The van der Waals surface area contributed by atoms with Gasteiger partial charge in [0.2, 0.25) is 0 Å². The summed E-state index contributed by atoms with van der Waals surface area (Å²) in [5.41, 5.74) is 8.75. The molecule has 0 atom stereocenters. The normalized spacial score (nSPS) is 11.2. The van der Waals surface area contributed by atoms with Crippen LogP contribution in [0.15, 0.2) is 48.5 Å². The molecule has 6 nitrogen and oxygen atoms in total. The number of carbonyl (C=O) groups excluding carboxylic acids is 2. The average molecular weight is 453 g/mol. The lowest BCUT2D eigenvalue weighted by Crippen LogP contribution is -2.34. The van der Waals surface area contributed by atoms with Crippen molar-refractivity contribution in [3.8, 4) is 0 Å². The van der Waals surface area contributed by atoms with Gasteiger partial charge in [0.05, 0.1) is 0 Å². The van der Waals surface area contributed by atoms with Crippen LogP contribution in [0.25, 0.3) is 0 Å². The van der Waals surface area contributed by atoms with Crippen LogP contribution < -0.4 is 21.7 Å². The van der Waals surface area contributed by atoms with Gasteiger partial charge in [-0.25, -0.2) is 4.79 Å². The second-order valence-electron chi connectivity index (χ2n) is 9.50. The number of rotatable bonds is 12. The van der Waals surface area contributed by atoms with Gasteiger partial charge < -0.3 is 16.4 Å². The Morgan fingerprint density at radius 3 is 1.88 bits per heavy atom. The molecule has 0 radical (unpaired) electrons. The van der Waals surface area contributed by atoms with Crippen molar-refractivity contribution in [1.82, 2.24) is 5.32 Å². The predicted octanol–water partition coefficient (Wildman–Crippen LogP) is 6.05. The Kier molecular flexibility index (Phi) is 10.9. The number of nitrogens with two attached hydrogens (primary N) is 1. The number of hydrogen-bond acceptors (Lipinski definition) is 4. The Hall–Kier alpha value is -2.86. The van der Waals surface area contributed by atoms with E-state index in [9.17, 15) is 9.59 Å². The number of unbranched alkanes of at least 4 members (excludes halogenated alkanes) is 6. The van der Waals surface area contributed by atoms with E-state index in [1.54, 1.807) is 12.1 Å². The van der Waals surface area contributed by atoms with Gasteiger partial charge in [-0.3, -0.25) is 10.1 Å². The summed E-state index contributed by atoms with van der Waals surface area (Å²) >= 11 is 0. The number of amides is 3. The molecule has 0 fully saturated rings. The molecular formula is C27H40N4O2. The van der Waals surface area contributed by atoms with Crippen molar-refractivity contribution in [3.63, 3.8) is 0 Å². The molecule has 2 aromatic carbocycles. The third-order valence-corrected chi connectivity index (χ3v) is 5.59. The number of hydrogen-bond donors (Lipinski definition) is 4. The Bertz CT molecular complexity index is 855. The minimum atomic E-state index is -0.549. The van der Waals surface area contributed by atoms with Crippen LogP contribution in [0.1, 0.15) is 81.6 Å². The number of urea groups is 1. The topological polar surface area (TPSA) is 96.2 Å². The molecular weight excluding hydrogens is 412 g/mol. The molecule has 3 amide bonds. The van der Waals surface area contributed by atoms with Crippen LogP contribution in [-0.2, 0) is 5.41 Å². The summed E-state index contributed by atoms with van der Waals surface area (Å²) < 4.78 is 0. The molecule has 0 aliphatic heterocycles. The maximum Gasteiger partial charge on any atom is 0.326 e. The minimum Gasteiger partial charge on any atom is -0.385 e. The molecule has 0 aliphatic carbocycles. The molecule has 0 spiro atoms. The lowest BCUT2D eigenvalue weighted by molar-refractivity contribution is 0.0967. The van der Waals surface area contributed by atoms with E-state index in [0.717, 1.165) is 37.2 Å². The van der Waals surface area contributed by atoms with E-state index in [2.05, 4.69) is 36.7 Å². The van der Waals surface area contributed by atoms with Crippen LogP contribution in [0.4, 0.5) is 16.2 Å². The van der Waals surface area contributed by atoms with E-state index < -0.39 is 11.9 Å². The number of anilines is 2. The quantitative estimate of drug-likeness (QED) is 0.295. The summed E-state index contributed by atoms with van der Waals surface area (Å²) in [6, 6.07) is 14.3. The highest BCUT2D eigenvalue weighted by atomic mass is 16.2. The highest BCUT2D eigenvalue weighted by Gasteiger charge is 2.15. The van der Waals surface area contributed by atoms with E-state index in [1.165, 1.54) is 32.1 Å². The Labute approximate surface area is 198 Å². The zero-order chi connectivity index (χ0) is 24.1. The van der Waals surface area contributed by atoms with Crippen molar-refractivity contribution in [2.24, 2.45) is 5.73 Å². The lowest BCUT2D eigenvalue weighted by Gasteiger charge is -2.19. The maximum absolute atomic E-state index is 12.3. The van der Waals surface area contributed by atoms with Crippen molar-refractivity contribution >= 4 is 23.3 Å². The molecule has 0 saturated heterocycles. The summed E-state index contributed by atoms with van der Waals surface area (Å²) in [6.45, 7) is 8.07. The van der Waals surface area contributed by atoms with E-state index >= 15 is 0 Å². The summed E-state index contributed by atoms with van der Waals surface area (Å²) in [5, 5.41) is 8.49. The number of nitrogens with one attached hydrogen (secondary N) is 3. The third kappa shape index (κ3) is 10.1. The predicted molar refractivity (Wildman–Crippen MR) is 138 cm³/mol. The maximum atomic E-state index is 12.3. The molecule has 33 heavy (non-hydrogen) atoms. The smallest absolute Gasteiger partial charge is 0.326 e. The van der Waals surface area contributed by atoms with Gasteiger partial charge in [0, 0.05) is 23.5 Å². The van der Waals surface area contributed by atoms with Crippen LogP contribution in [0.3, 0.4) is 0 Å². The van der Waals surface area contributed by atoms with Crippen LogP contribution in [0.2, 0.25) is 0 Å². The van der Waals surface area contributed by atoms with Crippen LogP contribution >= 0.6 is 0 Å². The number of imide groups is 1. The fraction of sp³-hybridized carbons (Fsp3) is 0.481. The van der Waals surface area contributed by atoms with Crippen molar-refractivity contribution < 1.29 is 9.59 Å². The molecule has 180 valence electrons. The van der Waals surface area contributed by atoms with E-state index in [1.807, 2.05) is 36.4 Å². The van der Waals surface area contributed by atoms with Crippen LogP contribution in [-0.4, -0.2) is 25.0 Å². The standard InChI is InChI=1S/C27H40N4O2/c1-27(2,3)22-13-11-21(12-14-22)25(32)31-26(33)30-24-17-15-23(16-18-24)29-20-10-8-6-4-5-7-9-19-28/h11-18,29H,4-10,19-20,28H2,1-3H3,(H2,30,31,32,33). The SMILES string of the molecule is CC(C)(C)c1ccc(C(=O)NC(=O)Nc2ccc(NCCCCCCCCCN)cc2)cc1. The summed E-state index contributed by atoms with van der Waals surface area (Å²) in [7, 11) is 0. The van der Waals surface area contributed by atoms with Gasteiger partial charge in [0.25, 0.3) is 5.91 Å². The van der Waals surface area contributed by atoms with Gasteiger partial charge in [-0.2, -0.15) is 0 Å². The first-order chi connectivity index (χ1) is 15.8. The van der Waals surface area contributed by atoms with Crippen LogP contribution in [0.5, 0.6) is 0 Å². The van der Waals surface area contributed by atoms with Gasteiger partial charge >= 0.3 is 6.03 Å². The van der Waals surface area contributed by atoms with E-state index in [-0.39, 0.29) is 5.41 Å². The molecule has 0 bridgehead atoms. The highest BCUT2D eigenvalue weighted by Crippen LogP contribution is 2.22. The minimum absolute atomic E-state index is 0.0117. The first-order valence-corrected chi connectivity index (χ1v) is 12.1. The molecule has 5 N–H and O–H groups in total. The molecule has 0 aromatic heterocycles. The molecule has 0 aliphatic rings. The zero-order valence-electron chi connectivity index (χ0n) is 20.4. The van der Waals surface area contributed by atoms with Crippen molar-refractivity contribution in [3.05, 3.63) is 59.7 Å². The first-order valence-electron chi connectivity index (χ1n) is 12.1. The van der Waals surface area contributed by atoms with Gasteiger partial charge in [0.1, 0.15) is 0 Å². The van der Waals surface area contributed by atoms with Crippen molar-refractivity contribution in [2.45, 2.75) is 71.1 Å².